The number of carbonyl (C=O) groups excluding carboxylic acids is 1. The molecule has 1 aliphatic rings. The Hall–Kier alpha value is -1.28. The van der Waals surface area contributed by atoms with Crippen molar-refractivity contribution in [3.63, 3.8) is 0 Å². The van der Waals surface area contributed by atoms with Gasteiger partial charge in [0.2, 0.25) is 0 Å². The molecule has 0 N–H and O–H groups in total. The highest BCUT2D eigenvalue weighted by molar-refractivity contribution is 7.86. The van der Waals surface area contributed by atoms with Crippen LogP contribution in [0.4, 0.5) is 0 Å². The van der Waals surface area contributed by atoms with Crippen molar-refractivity contribution < 1.29 is 26.9 Å². The fourth-order valence-corrected chi connectivity index (χ4v) is 3.10. The first-order chi connectivity index (χ1) is 9.83. The molecule has 1 aromatic carbocycles. The zero-order valence-electron chi connectivity index (χ0n) is 12.1. The van der Waals surface area contributed by atoms with E-state index >= 15 is 0 Å². The van der Waals surface area contributed by atoms with Crippen LogP contribution in [0.25, 0.3) is 0 Å². The molecule has 1 heterocycles. The molecular weight excluding hydrogens is 296 g/mol. The van der Waals surface area contributed by atoms with E-state index in [2.05, 4.69) is 0 Å². The molecule has 116 valence electrons. The summed E-state index contributed by atoms with van der Waals surface area (Å²) in [5.41, 5.74) is 0.939. The molecule has 0 unspecified atom stereocenters. The van der Waals surface area contributed by atoms with Crippen LogP contribution in [0.15, 0.2) is 29.2 Å². The number of carbonyl (C=O) groups is 1. The Bertz CT molecular complexity index is 607. The van der Waals surface area contributed by atoms with Crippen molar-refractivity contribution in [2.45, 2.75) is 43.7 Å². The van der Waals surface area contributed by atoms with E-state index in [4.69, 9.17) is 13.7 Å². The van der Waals surface area contributed by atoms with Crippen LogP contribution < -0.4 is 0 Å². The van der Waals surface area contributed by atoms with Crippen LogP contribution in [0.3, 0.4) is 0 Å². The number of hydrogen-bond donors (Lipinski definition) is 0. The second-order valence-corrected chi connectivity index (χ2v) is 6.53. The van der Waals surface area contributed by atoms with Crippen molar-refractivity contribution in [1.82, 2.24) is 0 Å². The Balaban J connectivity index is 2.18. The molecule has 1 saturated heterocycles. The number of ether oxygens (including phenoxy) is 2. The summed E-state index contributed by atoms with van der Waals surface area (Å²) in [6.45, 7) is 3.45. The molecule has 6 nitrogen and oxygen atoms in total. The van der Waals surface area contributed by atoms with Crippen LogP contribution in [-0.2, 0) is 28.6 Å². The first-order valence-corrected chi connectivity index (χ1v) is 7.95. The molecule has 0 aromatic heterocycles. The van der Waals surface area contributed by atoms with Gasteiger partial charge in [0.1, 0.15) is 12.2 Å². The predicted molar refractivity (Wildman–Crippen MR) is 74.2 cm³/mol. The van der Waals surface area contributed by atoms with Gasteiger partial charge in [-0.05, 0) is 26.0 Å². The monoisotopic (exact) mass is 314 g/mol. The molecule has 7 heteroatoms. The summed E-state index contributed by atoms with van der Waals surface area (Å²) in [6, 6.07) is 6.27. The van der Waals surface area contributed by atoms with Crippen molar-refractivity contribution in [1.29, 1.82) is 0 Å². The lowest BCUT2D eigenvalue weighted by molar-refractivity contribution is -0.213. The minimum Gasteiger partial charge on any atom is -0.353 e. The molecule has 0 bridgehead atoms. The van der Waals surface area contributed by atoms with E-state index in [1.54, 1.807) is 19.1 Å². The van der Waals surface area contributed by atoms with Gasteiger partial charge in [-0.1, -0.05) is 17.7 Å². The van der Waals surface area contributed by atoms with E-state index in [0.29, 0.717) is 0 Å². The molecule has 0 amide bonds. The first-order valence-electron chi connectivity index (χ1n) is 6.54. The maximum Gasteiger partial charge on any atom is 0.297 e. The number of methoxy groups -OCH3 is 1. The van der Waals surface area contributed by atoms with Crippen molar-refractivity contribution in [3.8, 4) is 0 Å². The van der Waals surface area contributed by atoms with E-state index in [0.717, 1.165) is 5.56 Å². The number of hydrogen-bond acceptors (Lipinski definition) is 6. The van der Waals surface area contributed by atoms with Crippen LogP contribution in [0, 0.1) is 6.92 Å². The smallest absolute Gasteiger partial charge is 0.297 e. The molecule has 1 aromatic rings. The molecule has 0 spiro atoms. The van der Waals surface area contributed by atoms with Crippen molar-refractivity contribution in [3.05, 3.63) is 29.8 Å². The van der Waals surface area contributed by atoms with Gasteiger partial charge in [-0.25, -0.2) is 0 Å². The number of Topliss-reactive ketones (excluding diaryl/α,β-unsaturated/α-hetero) is 1. The Morgan fingerprint density at radius 1 is 1.24 bits per heavy atom. The fourth-order valence-electron chi connectivity index (χ4n) is 2.04. The van der Waals surface area contributed by atoms with Crippen molar-refractivity contribution >= 4 is 15.9 Å². The van der Waals surface area contributed by atoms with E-state index in [-0.39, 0.29) is 17.1 Å². The molecule has 0 aliphatic carbocycles. The zero-order chi connectivity index (χ0) is 15.6. The van der Waals surface area contributed by atoms with Crippen LogP contribution in [0.1, 0.15) is 18.9 Å². The van der Waals surface area contributed by atoms with Gasteiger partial charge in [0, 0.05) is 13.5 Å². The highest BCUT2D eigenvalue weighted by atomic mass is 32.2. The van der Waals surface area contributed by atoms with Gasteiger partial charge < -0.3 is 9.47 Å². The van der Waals surface area contributed by atoms with Gasteiger partial charge in [0.15, 0.2) is 12.1 Å². The fraction of sp³-hybridized carbons (Fsp3) is 0.500. The maximum absolute atomic E-state index is 12.2. The molecule has 2 rings (SSSR count). The molecular formula is C14H18O6S. The van der Waals surface area contributed by atoms with Crippen LogP contribution >= 0.6 is 0 Å². The molecule has 21 heavy (non-hydrogen) atoms. The molecule has 3 atom stereocenters. The van der Waals surface area contributed by atoms with E-state index in [9.17, 15) is 13.2 Å². The minimum absolute atomic E-state index is 0.0361. The standard InChI is InChI=1S/C14H18O6S/c1-9-4-6-11(7-5-9)21(16,17)20-13-8-12(15)10(2)19-14(13)18-3/h4-7,10,13-14H,8H2,1-3H3/t10-,13-,14+/m1/s1. The topological polar surface area (TPSA) is 78.9 Å². The Morgan fingerprint density at radius 3 is 2.43 bits per heavy atom. The molecule has 1 fully saturated rings. The van der Waals surface area contributed by atoms with Gasteiger partial charge >= 0.3 is 0 Å². The molecule has 0 radical (unpaired) electrons. The third kappa shape index (κ3) is 3.68. The lowest BCUT2D eigenvalue weighted by Crippen LogP contribution is -2.46. The summed E-state index contributed by atoms with van der Waals surface area (Å²) in [7, 11) is -2.60. The second kappa shape index (κ2) is 6.23. The van der Waals surface area contributed by atoms with E-state index in [1.807, 2.05) is 6.92 Å². The normalized spacial score (nSPS) is 26.8. The number of rotatable bonds is 4. The Morgan fingerprint density at radius 2 is 1.86 bits per heavy atom. The largest absolute Gasteiger partial charge is 0.353 e. The quantitative estimate of drug-likeness (QED) is 0.782. The number of ketones is 1. The van der Waals surface area contributed by atoms with Gasteiger partial charge in [0.05, 0.1) is 4.90 Å². The van der Waals surface area contributed by atoms with E-state index in [1.165, 1.54) is 19.2 Å². The maximum atomic E-state index is 12.2. The number of aryl methyl sites for hydroxylation is 1. The van der Waals surface area contributed by atoms with Crippen molar-refractivity contribution in [2.75, 3.05) is 7.11 Å². The van der Waals surface area contributed by atoms with Crippen LogP contribution in [0.2, 0.25) is 0 Å². The summed E-state index contributed by atoms with van der Waals surface area (Å²) in [5.74, 6) is -0.215. The summed E-state index contributed by atoms with van der Waals surface area (Å²) in [5, 5.41) is 0. The van der Waals surface area contributed by atoms with Gasteiger partial charge in [-0.15, -0.1) is 0 Å². The summed E-state index contributed by atoms with van der Waals surface area (Å²) < 4.78 is 39.9. The second-order valence-electron chi connectivity index (χ2n) is 4.95. The average Bonchev–Trinajstić information content (AvgIpc) is 2.42. The lowest BCUT2D eigenvalue weighted by atomic mass is 10.1. The third-order valence-corrected chi connectivity index (χ3v) is 4.64. The molecule has 1 aliphatic heterocycles. The molecule has 0 saturated carbocycles. The van der Waals surface area contributed by atoms with Gasteiger partial charge in [-0.2, -0.15) is 8.42 Å². The minimum atomic E-state index is -3.97. The Kier molecular flexibility index (Phi) is 4.77. The van der Waals surface area contributed by atoms with Crippen molar-refractivity contribution in [2.24, 2.45) is 0 Å². The summed E-state index contributed by atoms with van der Waals surface area (Å²) in [6.07, 6.45) is -2.56. The third-order valence-electron chi connectivity index (χ3n) is 3.29. The highest BCUT2D eigenvalue weighted by Crippen LogP contribution is 2.24. The van der Waals surface area contributed by atoms with Gasteiger partial charge in [-0.3, -0.25) is 8.98 Å². The lowest BCUT2D eigenvalue weighted by Gasteiger charge is -2.32. The zero-order valence-corrected chi connectivity index (χ0v) is 12.9. The summed E-state index contributed by atoms with van der Waals surface area (Å²) >= 11 is 0. The highest BCUT2D eigenvalue weighted by Gasteiger charge is 2.38. The first kappa shape index (κ1) is 16.1. The summed E-state index contributed by atoms with van der Waals surface area (Å²) in [4.78, 5) is 11.7. The van der Waals surface area contributed by atoms with Gasteiger partial charge in [0.25, 0.3) is 10.1 Å². The average molecular weight is 314 g/mol. The predicted octanol–water partition coefficient (Wildman–Crippen LogP) is 1.42. The number of benzene rings is 1. The van der Waals surface area contributed by atoms with Crippen LogP contribution in [0.5, 0.6) is 0 Å². The van der Waals surface area contributed by atoms with Crippen LogP contribution in [-0.4, -0.2) is 39.8 Å². The Labute approximate surface area is 124 Å². The van der Waals surface area contributed by atoms with E-state index < -0.39 is 28.6 Å². The SMILES string of the molecule is CO[C@H]1O[C@H](C)C(=O)C[C@H]1OS(=O)(=O)c1ccc(C)cc1.